The fourth-order valence-electron chi connectivity index (χ4n) is 3.06. The van der Waals surface area contributed by atoms with Crippen LogP contribution in [0.1, 0.15) is 45.4 Å². The van der Waals surface area contributed by atoms with Gasteiger partial charge in [0.2, 0.25) is 15.9 Å². The maximum atomic E-state index is 12.1. The van der Waals surface area contributed by atoms with E-state index in [0.29, 0.717) is 38.5 Å². The predicted molar refractivity (Wildman–Crippen MR) is 82.5 cm³/mol. The average Bonchev–Trinajstić information content (AvgIpc) is 2.98. The second-order valence-electron chi connectivity index (χ2n) is 6.04. The summed E-state index contributed by atoms with van der Waals surface area (Å²) in [5.74, 6) is 0.246. The van der Waals surface area contributed by atoms with Crippen molar-refractivity contribution in [1.82, 2.24) is 14.9 Å². The van der Waals surface area contributed by atoms with Crippen LogP contribution in [0, 0.1) is 0 Å². The number of sulfonamides is 1. The lowest BCUT2D eigenvalue weighted by Gasteiger charge is -2.32. The molecule has 2 aliphatic rings. The van der Waals surface area contributed by atoms with Crippen LogP contribution in [-0.2, 0) is 14.8 Å². The first kappa shape index (κ1) is 16.7. The van der Waals surface area contributed by atoms with Gasteiger partial charge in [-0.3, -0.25) is 4.79 Å². The van der Waals surface area contributed by atoms with Gasteiger partial charge in [0.25, 0.3) is 0 Å². The number of piperidine rings is 1. The Hall–Kier alpha value is -0.660. The van der Waals surface area contributed by atoms with Gasteiger partial charge in [-0.2, -0.15) is 0 Å². The van der Waals surface area contributed by atoms with E-state index in [1.54, 1.807) is 6.92 Å². The van der Waals surface area contributed by atoms with Gasteiger partial charge in [0, 0.05) is 25.2 Å². The van der Waals surface area contributed by atoms with Crippen LogP contribution < -0.4 is 10.0 Å². The first-order valence-electron chi connectivity index (χ1n) is 8.01. The van der Waals surface area contributed by atoms with Gasteiger partial charge < -0.3 is 10.2 Å². The Morgan fingerprint density at radius 3 is 2.29 bits per heavy atom. The van der Waals surface area contributed by atoms with Crippen molar-refractivity contribution >= 4 is 15.9 Å². The Labute approximate surface area is 127 Å². The molecule has 1 heterocycles. The van der Waals surface area contributed by atoms with Gasteiger partial charge in [-0.15, -0.1) is 0 Å². The number of nitrogens with zero attached hydrogens (tertiary/aromatic N) is 1. The highest BCUT2D eigenvalue weighted by Crippen LogP contribution is 2.17. The number of nitrogens with one attached hydrogen (secondary N) is 2. The Morgan fingerprint density at radius 2 is 1.71 bits per heavy atom. The molecule has 2 rings (SSSR count). The summed E-state index contributed by atoms with van der Waals surface area (Å²) >= 11 is 0. The normalized spacial score (nSPS) is 21.9. The van der Waals surface area contributed by atoms with Crippen molar-refractivity contribution in [3.05, 3.63) is 0 Å². The molecule has 0 bridgehead atoms. The lowest BCUT2D eigenvalue weighted by molar-refractivity contribution is -0.131. The smallest absolute Gasteiger partial charge is 0.236 e. The zero-order valence-electron chi connectivity index (χ0n) is 12.8. The summed E-state index contributed by atoms with van der Waals surface area (Å²) < 4.78 is 25.8. The van der Waals surface area contributed by atoms with Crippen LogP contribution in [0.25, 0.3) is 0 Å². The number of carbonyl (C=O) groups is 1. The number of rotatable bonds is 6. The second-order valence-corrected chi connectivity index (χ2v) is 8.08. The minimum Gasteiger partial charge on any atom is -0.341 e. The maximum absolute atomic E-state index is 12.1. The largest absolute Gasteiger partial charge is 0.341 e. The van der Waals surface area contributed by atoms with Gasteiger partial charge >= 0.3 is 0 Å². The molecule has 0 aromatic rings. The highest BCUT2D eigenvalue weighted by Gasteiger charge is 2.25. The van der Waals surface area contributed by atoms with Gasteiger partial charge in [0.1, 0.15) is 0 Å². The fourth-order valence-corrected chi connectivity index (χ4v) is 3.97. The van der Waals surface area contributed by atoms with Crippen molar-refractivity contribution in [3.63, 3.8) is 0 Å². The molecular weight excluding hydrogens is 290 g/mol. The minimum absolute atomic E-state index is 0.0261. The summed E-state index contributed by atoms with van der Waals surface area (Å²) in [6.45, 7) is 3.33. The topological polar surface area (TPSA) is 78.5 Å². The maximum Gasteiger partial charge on any atom is 0.236 e. The Kier molecular flexibility index (Phi) is 6.01. The minimum atomic E-state index is -3.14. The lowest BCUT2D eigenvalue weighted by atomic mass is 10.1. The van der Waals surface area contributed by atoms with E-state index in [0.717, 1.165) is 0 Å². The lowest BCUT2D eigenvalue weighted by Crippen LogP contribution is -2.49. The summed E-state index contributed by atoms with van der Waals surface area (Å²) in [6.07, 6.45) is 6.27. The molecule has 1 aliphatic heterocycles. The van der Waals surface area contributed by atoms with Crippen molar-refractivity contribution in [1.29, 1.82) is 0 Å². The number of hydrogen-bond acceptors (Lipinski definition) is 4. The van der Waals surface area contributed by atoms with Gasteiger partial charge in [-0.1, -0.05) is 12.8 Å². The molecule has 0 aromatic carbocycles. The molecule has 1 saturated carbocycles. The molecule has 0 radical (unpaired) electrons. The molecule has 6 nitrogen and oxygen atoms in total. The molecule has 1 amide bonds. The first-order valence-corrected chi connectivity index (χ1v) is 9.66. The number of amides is 1. The second kappa shape index (κ2) is 7.56. The van der Waals surface area contributed by atoms with Crippen molar-refractivity contribution in [2.75, 3.05) is 25.4 Å². The van der Waals surface area contributed by atoms with Crippen molar-refractivity contribution in [2.45, 2.75) is 57.5 Å². The molecule has 7 heteroatoms. The Balaban J connectivity index is 1.69. The van der Waals surface area contributed by atoms with E-state index in [2.05, 4.69) is 10.0 Å². The third kappa shape index (κ3) is 5.23. The summed E-state index contributed by atoms with van der Waals surface area (Å²) in [5, 5.41) is 3.33. The molecule has 2 fully saturated rings. The van der Waals surface area contributed by atoms with Crippen molar-refractivity contribution < 1.29 is 13.2 Å². The molecule has 0 atom stereocenters. The standard InChI is InChI=1S/C14H27N3O3S/c1-2-21(19,20)16-13-7-9-17(10-8-13)14(18)11-15-12-5-3-4-6-12/h12-13,15-16H,2-11H2,1H3. The highest BCUT2D eigenvalue weighted by atomic mass is 32.2. The van der Waals surface area contributed by atoms with E-state index in [1.165, 1.54) is 25.7 Å². The third-order valence-corrected chi connectivity index (χ3v) is 5.92. The van der Waals surface area contributed by atoms with E-state index < -0.39 is 10.0 Å². The summed E-state index contributed by atoms with van der Waals surface area (Å²) in [4.78, 5) is 14.0. The van der Waals surface area contributed by atoms with E-state index >= 15 is 0 Å². The predicted octanol–water partition coefficient (Wildman–Crippen LogP) is 0.449. The molecular formula is C14H27N3O3S. The highest BCUT2D eigenvalue weighted by molar-refractivity contribution is 7.89. The summed E-state index contributed by atoms with van der Waals surface area (Å²) in [5.41, 5.74) is 0. The van der Waals surface area contributed by atoms with Crippen LogP contribution in [-0.4, -0.2) is 56.7 Å². The van der Waals surface area contributed by atoms with Crippen LogP contribution in [0.2, 0.25) is 0 Å². The van der Waals surface area contributed by atoms with E-state index in [4.69, 9.17) is 0 Å². The Bertz CT molecular complexity index is 438. The molecule has 0 unspecified atom stereocenters. The van der Waals surface area contributed by atoms with Crippen LogP contribution in [0.5, 0.6) is 0 Å². The zero-order chi connectivity index (χ0) is 15.3. The molecule has 0 aromatic heterocycles. The summed E-state index contributed by atoms with van der Waals surface area (Å²) in [6, 6.07) is 0.477. The van der Waals surface area contributed by atoms with Crippen molar-refractivity contribution in [2.24, 2.45) is 0 Å². The van der Waals surface area contributed by atoms with Gasteiger partial charge in [0.05, 0.1) is 12.3 Å². The number of likely N-dealkylation sites (tertiary alicyclic amines) is 1. The zero-order valence-corrected chi connectivity index (χ0v) is 13.6. The molecule has 122 valence electrons. The van der Waals surface area contributed by atoms with Crippen LogP contribution in [0.15, 0.2) is 0 Å². The SMILES string of the molecule is CCS(=O)(=O)NC1CCN(C(=O)CNC2CCCC2)CC1. The monoisotopic (exact) mass is 317 g/mol. The molecule has 21 heavy (non-hydrogen) atoms. The van der Waals surface area contributed by atoms with E-state index in [1.807, 2.05) is 4.90 Å². The van der Waals surface area contributed by atoms with Crippen LogP contribution in [0.3, 0.4) is 0 Å². The number of hydrogen-bond donors (Lipinski definition) is 2. The number of carbonyl (C=O) groups excluding carboxylic acids is 1. The van der Waals surface area contributed by atoms with Crippen LogP contribution >= 0.6 is 0 Å². The van der Waals surface area contributed by atoms with Crippen LogP contribution in [0.4, 0.5) is 0 Å². The van der Waals surface area contributed by atoms with E-state index in [9.17, 15) is 13.2 Å². The summed E-state index contributed by atoms with van der Waals surface area (Å²) in [7, 11) is -3.14. The molecule has 1 saturated heterocycles. The van der Waals surface area contributed by atoms with Gasteiger partial charge in [-0.05, 0) is 32.6 Å². The molecule has 2 N–H and O–H groups in total. The Morgan fingerprint density at radius 1 is 1.10 bits per heavy atom. The third-order valence-electron chi connectivity index (χ3n) is 4.47. The average molecular weight is 317 g/mol. The molecule has 1 aliphatic carbocycles. The van der Waals surface area contributed by atoms with Gasteiger partial charge in [0.15, 0.2) is 0 Å². The van der Waals surface area contributed by atoms with Gasteiger partial charge in [-0.25, -0.2) is 13.1 Å². The quantitative estimate of drug-likeness (QED) is 0.745. The first-order chi connectivity index (χ1) is 10.00. The van der Waals surface area contributed by atoms with Crippen molar-refractivity contribution in [3.8, 4) is 0 Å². The van der Waals surface area contributed by atoms with E-state index in [-0.39, 0.29) is 17.7 Å². The fraction of sp³-hybridized carbons (Fsp3) is 0.929. The molecule has 0 spiro atoms.